The van der Waals surface area contributed by atoms with E-state index in [0.717, 1.165) is 11.1 Å². The number of methoxy groups -OCH3 is 1. The lowest BCUT2D eigenvalue weighted by Gasteiger charge is -2.28. The SMILES string of the molecule is C=C(C)C(=O)OCC(O)CN(Cc1cccc(CN(CC(O)COC(=O)C(=C)C)CC(O)COC(=O)C(=C)C)c1)CC(O)COC. The van der Waals surface area contributed by atoms with Crippen LogP contribution in [0.3, 0.4) is 0 Å². The number of aliphatic hydroxyl groups is 4. The van der Waals surface area contributed by atoms with Gasteiger partial charge in [-0.2, -0.15) is 0 Å². The van der Waals surface area contributed by atoms with Gasteiger partial charge >= 0.3 is 17.9 Å². The van der Waals surface area contributed by atoms with Crippen molar-refractivity contribution in [3.05, 3.63) is 71.8 Å². The molecular formula is C33H50N2O11. The van der Waals surface area contributed by atoms with Crippen LogP contribution in [0, 0.1) is 0 Å². The maximum absolute atomic E-state index is 11.8. The average molecular weight is 651 g/mol. The van der Waals surface area contributed by atoms with Crippen LogP contribution in [-0.2, 0) is 46.4 Å². The quantitative estimate of drug-likeness (QED) is 0.0742. The summed E-state index contributed by atoms with van der Waals surface area (Å²) in [6.07, 6.45) is -4.04. The van der Waals surface area contributed by atoms with E-state index in [0.29, 0.717) is 6.54 Å². The summed E-state index contributed by atoms with van der Waals surface area (Å²) in [5.74, 6) is -1.88. The number of ether oxygens (including phenoxy) is 4. The van der Waals surface area contributed by atoms with Crippen LogP contribution in [-0.4, -0.2) is 132 Å². The Hall–Kier alpha value is -3.43. The van der Waals surface area contributed by atoms with Crippen LogP contribution in [0.2, 0.25) is 0 Å². The Kier molecular flexibility index (Phi) is 18.9. The minimum absolute atomic E-state index is 0.0175. The third-order valence-corrected chi connectivity index (χ3v) is 6.30. The van der Waals surface area contributed by atoms with Crippen molar-refractivity contribution in [1.82, 2.24) is 9.80 Å². The zero-order valence-electron chi connectivity index (χ0n) is 27.4. The van der Waals surface area contributed by atoms with Crippen molar-refractivity contribution in [3.8, 4) is 0 Å². The van der Waals surface area contributed by atoms with E-state index in [-0.39, 0.29) is 75.9 Å². The summed E-state index contributed by atoms with van der Waals surface area (Å²) >= 11 is 0. The Labute approximate surface area is 271 Å². The highest BCUT2D eigenvalue weighted by molar-refractivity contribution is 5.87. The molecule has 1 aromatic carbocycles. The molecule has 0 spiro atoms. The van der Waals surface area contributed by atoms with Crippen molar-refractivity contribution in [2.24, 2.45) is 0 Å². The number of aliphatic hydroxyl groups excluding tert-OH is 4. The van der Waals surface area contributed by atoms with Gasteiger partial charge in [-0.15, -0.1) is 0 Å². The molecule has 258 valence electrons. The number of hydrogen-bond acceptors (Lipinski definition) is 13. The second kappa shape index (κ2) is 21.4. The fraction of sp³-hybridized carbons (Fsp3) is 0.545. The van der Waals surface area contributed by atoms with Gasteiger partial charge in [0.1, 0.15) is 38.1 Å². The van der Waals surface area contributed by atoms with E-state index in [1.165, 1.54) is 27.9 Å². The number of hydrogen-bond donors (Lipinski definition) is 4. The highest BCUT2D eigenvalue weighted by Crippen LogP contribution is 2.14. The monoisotopic (exact) mass is 650 g/mol. The lowest BCUT2D eigenvalue weighted by Crippen LogP contribution is -2.41. The van der Waals surface area contributed by atoms with Gasteiger partial charge in [0.25, 0.3) is 0 Å². The minimum atomic E-state index is -1.09. The van der Waals surface area contributed by atoms with Crippen LogP contribution in [0.1, 0.15) is 31.9 Å². The summed E-state index contributed by atoms with van der Waals surface area (Å²) in [7, 11) is 1.47. The fourth-order valence-corrected chi connectivity index (χ4v) is 4.23. The van der Waals surface area contributed by atoms with Gasteiger partial charge in [0.2, 0.25) is 0 Å². The Bertz CT molecular complexity index is 1130. The topological polar surface area (TPSA) is 176 Å². The number of carbonyl (C=O) groups is 3. The number of rotatable bonds is 23. The van der Waals surface area contributed by atoms with E-state index >= 15 is 0 Å². The van der Waals surface area contributed by atoms with Gasteiger partial charge in [-0.05, 0) is 31.9 Å². The summed E-state index contributed by atoms with van der Waals surface area (Å²) in [4.78, 5) is 38.9. The summed E-state index contributed by atoms with van der Waals surface area (Å²) in [5.41, 5.74) is 2.24. The molecule has 0 saturated carbocycles. The molecule has 0 saturated heterocycles. The average Bonchev–Trinajstić information content (AvgIpc) is 2.97. The van der Waals surface area contributed by atoms with Gasteiger partial charge in [-0.25, -0.2) is 14.4 Å². The molecule has 4 atom stereocenters. The maximum atomic E-state index is 11.8. The summed E-state index contributed by atoms with van der Waals surface area (Å²) in [6, 6.07) is 7.45. The molecule has 13 nitrogen and oxygen atoms in total. The van der Waals surface area contributed by atoms with Gasteiger partial charge in [-0.1, -0.05) is 44.0 Å². The first-order chi connectivity index (χ1) is 21.6. The molecular weight excluding hydrogens is 600 g/mol. The second-order valence-corrected chi connectivity index (χ2v) is 11.4. The van der Waals surface area contributed by atoms with Crippen LogP contribution in [0.5, 0.6) is 0 Å². The lowest BCUT2D eigenvalue weighted by molar-refractivity contribution is -0.143. The fourth-order valence-electron chi connectivity index (χ4n) is 4.23. The van der Waals surface area contributed by atoms with Crippen molar-refractivity contribution in [2.75, 3.05) is 59.7 Å². The molecule has 0 amide bonds. The molecule has 0 heterocycles. The van der Waals surface area contributed by atoms with Crippen molar-refractivity contribution < 1.29 is 53.8 Å². The van der Waals surface area contributed by atoms with E-state index in [1.807, 2.05) is 24.3 Å². The summed E-state index contributed by atoms with van der Waals surface area (Å²) in [6.45, 7) is 15.2. The number of nitrogens with zero attached hydrogens (tertiary/aromatic N) is 2. The number of esters is 3. The van der Waals surface area contributed by atoms with Gasteiger partial charge in [0.05, 0.1) is 12.7 Å². The maximum Gasteiger partial charge on any atom is 0.333 e. The first kappa shape index (κ1) is 40.6. The molecule has 13 heteroatoms. The zero-order chi connectivity index (χ0) is 34.8. The molecule has 0 aliphatic carbocycles. The first-order valence-electron chi connectivity index (χ1n) is 14.8. The predicted octanol–water partition coefficient (Wildman–Crippen LogP) is 0.739. The Balaban J connectivity index is 3.07. The van der Waals surface area contributed by atoms with Crippen LogP contribution in [0.15, 0.2) is 60.7 Å². The highest BCUT2D eigenvalue weighted by atomic mass is 16.6. The van der Waals surface area contributed by atoms with Crippen molar-refractivity contribution in [3.63, 3.8) is 0 Å². The molecule has 4 unspecified atom stereocenters. The third-order valence-electron chi connectivity index (χ3n) is 6.30. The zero-order valence-corrected chi connectivity index (χ0v) is 27.4. The predicted molar refractivity (Wildman–Crippen MR) is 170 cm³/mol. The normalized spacial score (nSPS) is 13.9. The molecule has 1 rings (SSSR count). The smallest absolute Gasteiger partial charge is 0.333 e. The molecule has 0 aliphatic heterocycles. The first-order valence-corrected chi connectivity index (χ1v) is 14.8. The van der Waals surface area contributed by atoms with E-state index < -0.39 is 42.3 Å². The molecule has 0 bridgehead atoms. The molecule has 46 heavy (non-hydrogen) atoms. The highest BCUT2D eigenvalue weighted by Gasteiger charge is 2.21. The number of carbonyl (C=O) groups excluding carboxylic acids is 3. The summed E-state index contributed by atoms with van der Waals surface area (Å²) < 4.78 is 20.2. The molecule has 0 aliphatic rings. The Morgan fingerprint density at radius 3 is 1.22 bits per heavy atom. The second-order valence-electron chi connectivity index (χ2n) is 11.4. The van der Waals surface area contributed by atoms with Crippen LogP contribution in [0.4, 0.5) is 0 Å². The van der Waals surface area contributed by atoms with Gasteiger partial charge in [0, 0.05) is 63.1 Å². The van der Waals surface area contributed by atoms with Gasteiger partial charge in [0.15, 0.2) is 0 Å². The molecule has 0 fully saturated rings. The molecule has 0 radical (unpaired) electrons. The largest absolute Gasteiger partial charge is 0.460 e. The molecule has 0 aromatic heterocycles. The number of benzene rings is 1. The van der Waals surface area contributed by atoms with E-state index in [1.54, 1.807) is 9.80 Å². The van der Waals surface area contributed by atoms with Crippen molar-refractivity contribution in [2.45, 2.75) is 58.3 Å². The summed E-state index contributed by atoms with van der Waals surface area (Å²) in [5, 5.41) is 42.1. The van der Waals surface area contributed by atoms with Crippen LogP contribution >= 0.6 is 0 Å². The van der Waals surface area contributed by atoms with E-state index in [4.69, 9.17) is 18.9 Å². The van der Waals surface area contributed by atoms with Crippen molar-refractivity contribution >= 4 is 17.9 Å². The minimum Gasteiger partial charge on any atom is -0.460 e. The van der Waals surface area contributed by atoms with Crippen LogP contribution in [0.25, 0.3) is 0 Å². The molecule has 4 N–H and O–H groups in total. The third kappa shape index (κ3) is 17.3. The lowest BCUT2D eigenvalue weighted by atomic mass is 10.1. The van der Waals surface area contributed by atoms with E-state index in [2.05, 4.69) is 19.7 Å². The standard InChI is InChI=1S/C33H50N2O11/c1-22(2)31(40)44-19-28(37)15-34(14-27(36)18-43-7)12-25-9-8-10-26(11-25)13-35(16-29(38)20-45-32(41)23(3)4)17-30(39)21-46-33(42)24(5)6/h8-11,27-30,36-39H,1,3,5,12-21H2,2,4,6-7H3. The molecule has 1 aromatic rings. The Morgan fingerprint density at radius 1 is 0.630 bits per heavy atom. The van der Waals surface area contributed by atoms with Gasteiger partial charge < -0.3 is 39.4 Å². The van der Waals surface area contributed by atoms with E-state index in [9.17, 15) is 34.8 Å². The van der Waals surface area contributed by atoms with Crippen molar-refractivity contribution in [1.29, 1.82) is 0 Å². The van der Waals surface area contributed by atoms with Gasteiger partial charge in [-0.3, -0.25) is 9.80 Å². The van der Waals surface area contributed by atoms with Crippen LogP contribution < -0.4 is 0 Å². The Morgan fingerprint density at radius 2 is 0.935 bits per heavy atom.